The Bertz CT molecular complexity index is 584. The molecule has 19 heavy (non-hydrogen) atoms. The number of benzene rings is 1. The molecule has 0 atom stereocenters. The molecule has 5 nitrogen and oxygen atoms in total. The van der Waals surface area contributed by atoms with Gasteiger partial charge in [-0.1, -0.05) is 17.3 Å². The van der Waals surface area contributed by atoms with Crippen LogP contribution >= 0.6 is 0 Å². The first-order valence-electron chi connectivity index (χ1n) is 5.60. The van der Waals surface area contributed by atoms with Gasteiger partial charge in [0, 0.05) is 6.54 Å². The van der Waals surface area contributed by atoms with Crippen LogP contribution in [-0.4, -0.2) is 27.4 Å². The largest absolute Gasteiger partial charge is 0.434 e. The van der Waals surface area contributed by atoms with Crippen molar-refractivity contribution in [3.8, 4) is 5.75 Å². The predicted molar refractivity (Wildman–Crippen MR) is 62.2 cm³/mol. The molecule has 0 saturated carbocycles. The lowest BCUT2D eigenvalue weighted by molar-refractivity contribution is -0.0501. The van der Waals surface area contributed by atoms with Gasteiger partial charge in [-0.2, -0.15) is 8.78 Å². The summed E-state index contributed by atoms with van der Waals surface area (Å²) < 4.78 is 30.3. The van der Waals surface area contributed by atoms with E-state index in [0.717, 1.165) is 0 Å². The van der Waals surface area contributed by atoms with E-state index < -0.39 is 12.4 Å². The highest BCUT2D eigenvalue weighted by atomic mass is 19.3. The maximum absolute atomic E-state index is 12.3. The summed E-state index contributed by atoms with van der Waals surface area (Å²) >= 11 is 0. The van der Waals surface area contributed by atoms with Crippen molar-refractivity contribution in [1.82, 2.24) is 15.0 Å². The maximum atomic E-state index is 12.3. The molecule has 0 bridgehead atoms. The SMILES string of the molecule is CCn1nncc1C(=O)c1ccccc1OC(F)F. The van der Waals surface area contributed by atoms with Gasteiger partial charge in [0.2, 0.25) is 5.78 Å². The summed E-state index contributed by atoms with van der Waals surface area (Å²) in [6.45, 7) is -0.727. The normalized spacial score (nSPS) is 10.7. The summed E-state index contributed by atoms with van der Waals surface area (Å²) in [5.74, 6) is -0.616. The van der Waals surface area contributed by atoms with Gasteiger partial charge in [0.15, 0.2) is 0 Å². The third-order valence-corrected chi connectivity index (χ3v) is 2.50. The molecule has 1 aromatic heterocycles. The quantitative estimate of drug-likeness (QED) is 0.779. The Kier molecular flexibility index (Phi) is 3.84. The lowest BCUT2D eigenvalue weighted by Gasteiger charge is -2.09. The number of halogens is 2. The van der Waals surface area contributed by atoms with Gasteiger partial charge in [0.1, 0.15) is 11.4 Å². The van der Waals surface area contributed by atoms with E-state index in [0.29, 0.717) is 6.54 Å². The van der Waals surface area contributed by atoms with Gasteiger partial charge >= 0.3 is 6.61 Å². The zero-order chi connectivity index (χ0) is 13.8. The van der Waals surface area contributed by atoms with Crippen molar-refractivity contribution >= 4 is 5.78 Å². The second-order valence-corrected chi connectivity index (χ2v) is 3.64. The van der Waals surface area contributed by atoms with E-state index in [-0.39, 0.29) is 17.0 Å². The zero-order valence-electron chi connectivity index (χ0n) is 10.1. The third kappa shape index (κ3) is 2.75. The maximum Gasteiger partial charge on any atom is 0.387 e. The molecule has 100 valence electrons. The van der Waals surface area contributed by atoms with Crippen molar-refractivity contribution in [3.05, 3.63) is 41.7 Å². The van der Waals surface area contributed by atoms with E-state index in [4.69, 9.17) is 0 Å². The van der Waals surface area contributed by atoms with Gasteiger partial charge in [0.25, 0.3) is 0 Å². The number of para-hydroxylation sites is 1. The number of ether oxygens (including phenoxy) is 1. The molecule has 0 aliphatic heterocycles. The van der Waals surface area contributed by atoms with Gasteiger partial charge in [-0.15, -0.1) is 5.10 Å². The number of alkyl halides is 2. The molecule has 7 heteroatoms. The fourth-order valence-corrected chi connectivity index (χ4v) is 1.66. The molecule has 1 heterocycles. The van der Waals surface area contributed by atoms with Gasteiger partial charge in [-0.25, -0.2) is 4.68 Å². The number of carbonyl (C=O) groups is 1. The number of carbonyl (C=O) groups excluding carboxylic acids is 1. The fraction of sp³-hybridized carbons (Fsp3) is 0.250. The van der Waals surface area contributed by atoms with E-state index >= 15 is 0 Å². The van der Waals surface area contributed by atoms with Crippen LogP contribution in [0.15, 0.2) is 30.5 Å². The minimum atomic E-state index is -2.98. The second-order valence-electron chi connectivity index (χ2n) is 3.64. The summed E-state index contributed by atoms with van der Waals surface area (Å²) in [7, 11) is 0. The highest BCUT2D eigenvalue weighted by molar-refractivity contribution is 6.09. The Balaban J connectivity index is 2.39. The number of rotatable bonds is 5. The summed E-state index contributed by atoms with van der Waals surface area (Å²) in [4.78, 5) is 12.3. The van der Waals surface area contributed by atoms with Crippen LogP contribution in [0.2, 0.25) is 0 Å². The molecule has 0 fully saturated rings. The van der Waals surface area contributed by atoms with Crippen LogP contribution in [0.4, 0.5) is 8.78 Å². The number of hydrogen-bond acceptors (Lipinski definition) is 4. The molecule has 0 amide bonds. The molecule has 1 aromatic carbocycles. The lowest BCUT2D eigenvalue weighted by Crippen LogP contribution is -2.13. The third-order valence-electron chi connectivity index (χ3n) is 2.50. The Hall–Kier alpha value is -2.31. The van der Waals surface area contributed by atoms with Crippen molar-refractivity contribution in [2.75, 3.05) is 0 Å². The first-order chi connectivity index (χ1) is 9.13. The minimum Gasteiger partial charge on any atom is -0.434 e. The first-order valence-corrected chi connectivity index (χ1v) is 5.60. The Morgan fingerprint density at radius 3 is 2.84 bits per heavy atom. The topological polar surface area (TPSA) is 57.0 Å². The van der Waals surface area contributed by atoms with Crippen LogP contribution in [0.3, 0.4) is 0 Å². The molecule has 0 N–H and O–H groups in total. The van der Waals surface area contributed by atoms with Crippen LogP contribution < -0.4 is 4.74 Å². The summed E-state index contributed by atoms with van der Waals surface area (Å²) in [5.41, 5.74) is 0.285. The van der Waals surface area contributed by atoms with Crippen LogP contribution in [0.5, 0.6) is 5.75 Å². The first kappa shape index (κ1) is 13.1. The summed E-state index contributed by atoms with van der Waals surface area (Å²) in [6.07, 6.45) is 1.30. The number of nitrogens with zero attached hydrogens (tertiary/aromatic N) is 3. The van der Waals surface area contributed by atoms with E-state index in [1.54, 1.807) is 13.0 Å². The zero-order valence-corrected chi connectivity index (χ0v) is 10.1. The molecule has 0 radical (unpaired) electrons. The highest BCUT2D eigenvalue weighted by Gasteiger charge is 2.20. The Morgan fingerprint density at radius 2 is 2.16 bits per heavy atom. The average Bonchev–Trinajstić information content (AvgIpc) is 2.86. The predicted octanol–water partition coefficient (Wildman–Crippen LogP) is 2.13. The highest BCUT2D eigenvalue weighted by Crippen LogP contribution is 2.22. The van der Waals surface area contributed by atoms with Gasteiger partial charge in [-0.3, -0.25) is 4.79 Å². The fourth-order valence-electron chi connectivity index (χ4n) is 1.66. The molecular weight excluding hydrogens is 256 g/mol. The molecule has 0 aliphatic carbocycles. The van der Waals surface area contributed by atoms with Gasteiger partial charge in [-0.05, 0) is 19.1 Å². The van der Waals surface area contributed by atoms with Crippen molar-refractivity contribution < 1.29 is 18.3 Å². The van der Waals surface area contributed by atoms with Crippen molar-refractivity contribution in [3.63, 3.8) is 0 Å². The molecule has 2 rings (SSSR count). The number of aryl methyl sites for hydroxylation is 1. The number of aromatic nitrogens is 3. The smallest absolute Gasteiger partial charge is 0.387 e. The molecule has 0 spiro atoms. The van der Waals surface area contributed by atoms with E-state index in [9.17, 15) is 13.6 Å². The molecule has 2 aromatic rings. The minimum absolute atomic E-state index is 0.0554. The average molecular weight is 267 g/mol. The molecular formula is C12H11F2N3O2. The summed E-state index contributed by atoms with van der Waals surface area (Å²) in [6, 6.07) is 5.84. The standard InChI is InChI=1S/C12H11F2N3O2/c1-2-17-9(7-15-16-17)11(18)8-5-3-4-6-10(8)19-12(13)14/h3-7,12H,2H2,1H3. The second kappa shape index (κ2) is 5.55. The molecule has 0 unspecified atom stereocenters. The van der Waals surface area contributed by atoms with E-state index in [2.05, 4.69) is 15.0 Å². The van der Waals surface area contributed by atoms with Crippen molar-refractivity contribution in [2.45, 2.75) is 20.1 Å². The molecule has 0 saturated heterocycles. The lowest BCUT2D eigenvalue weighted by atomic mass is 10.1. The number of ketones is 1. The van der Waals surface area contributed by atoms with E-state index in [1.165, 1.54) is 29.1 Å². The van der Waals surface area contributed by atoms with Gasteiger partial charge in [0.05, 0.1) is 11.8 Å². The Morgan fingerprint density at radius 1 is 1.42 bits per heavy atom. The molecule has 0 aliphatic rings. The van der Waals surface area contributed by atoms with Crippen LogP contribution in [0.25, 0.3) is 0 Å². The van der Waals surface area contributed by atoms with Gasteiger partial charge < -0.3 is 4.74 Å². The monoisotopic (exact) mass is 267 g/mol. The van der Waals surface area contributed by atoms with E-state index in [1.807, 2.05) is 0 Å². The number of hydrogen-bond donors (Lipinski definition) is 0. The van der Waals surface area contributed by atoms with Crippen LogP contribution in [0.1, 0.15) is 23.0 Å². The summed E-state index contributed by atoms with van der Waals surface area (Å²) in [5, 5.41) is 7.36. The van der Waals surface area contributed by atoms with Crippen molar-refractivity contribution in [1.29, 1.82) is 0 Å². The Labute approximate surface area is 107 Å². The van der Waals surface area contributed by atoms with Crippen LogP contribution in [-0.2, 0) is 6.54 Å². The van der Waals surface area contributed by atoms with Crippen LogP contribution in [0, 0.1) is 0 Å². The van der Waals surface area contributed by atoms with Crippen molar-refractivity contribution in [2.24, 2.45) is 0 Å².